The lowest BCUT2D eigenvalue weighted by Gasteiger charge is -2.32. The molecule has 0 fully saturated rings. The molecular formula is C27H25N3O5S. The van der Waals surface area contributed by atoms with Crippen molar-refractivity contribution in [3.05, 3.63) is 79.3 Å². The number of esters is 1. The highest BCUT2D eigenvalue weighted by Crippen LogP contribution is 2.40. The van der Waals surface area contributed by atoms with Crippen LogP contribution in [0.1, 0.15) is 40.5 Å². The van der Waals surface area contributed by atoms with Gasteiger partial charge in [0.1, 0.15) is 12.4 Å². The van der Waals surface area contributed by atoms with Gasteiger partial charge in [0.2, 0.25) is 0 Å². The molecule has 3 aromatic heterocycles. The number of carbonyl (C=O) groups is 1. The maximum atomic E-state index is 13.6. The van der Waals surface area contributed by atoms with Gasteiger partial charge in [-0.05, 0) is 54.2 Å². The van der Waals surface area contributed by atoms with Gasteiger partial charge in [-0.1, -0.05) is 13.0 Å². The molecule has 2 aliphatic heterocycles. The van der Waals surface area contributed by atoms with E-state index in [1.54, 1.807) is 40.2 Å². The average molecular weight is 504 g/mol. The Bertz CT molecular complexity index is 1580. The summed E-state index contributed by atoms with van der Waals surface area (Å²) in [5, 5.41) is 27.7. The van der Waals surface area contributed by atoms with Crippen LogP contribution >= 0.6 is 11.3 Å². The maximum absolute atomic E-state index is 13.6. The van der Waals surface area contributed by atoms with E-state index in [9.17, 15) is 19.8 Å². The number of ether oxygens (including phenoxy) is 1. The molecule has 6 rings (SSSR count). The summed E-state index contributed by atoms with van der Waals surface area (Å²) >= 11 is 1.63. The molecule has 8 nitrogen and oxygen atoms in total. The first-order chi connectivity index (χ1) is 17.4. The van der Waals surface area contributed by atoms with Crippen molar-refractivity contribution in [2.75, 3.05) is 6.54 Å². The molecule has 184 valence electrons. The van der Waals surface area contributed by atoms with Crippen LogP contribution in [-0.4, -0.2) is 32.3 Å². The number of phenols is 1. The molecule has 0 saturated carbocycles. The monoisotopic (exact) mass is 503 g/mol. The van der Waals surface area contributed by atoms with Crippen molar-refractivity contribution in [1.82, 2.24) is 14.9 Å². The van der Waals surface area contributed by atoms with Crippen LogP contribution in [0.2, 0.25) is 0 Å². The number of aromatic hydroxyl groups is 1. The van der Waals surface area contributed by atoms with Gasteiger partial charge in [0.05, 0.1) is 29.0 Å². The predicted molar refractivity (Wildman–Crippen MR) is 136 cm³/mol. The lowest BCUT2D eigenvalue weighted by Crippen LogP contribution is -2.46. The third-order valence-corrected chi connectivity index (χ3v) is 8.05. The molecule has 9 heteroatoms. The summed E-state index contributed by atoms with van der Waals surface area (Å²) in [7, 11) is 0. The van der Waals surface area contributed by atoms with Gasteiger partial charge >= 0.3 is 5.97 Å². The van der Waals surface area contributed by atoms with Crippen molar-refractivity contribution in [2.45, 2.75) is 45.1 Å². The number of thiophene rings is 1. The Morgan fingerprint density at radius 1 is 1.22 bits per heavy atom. The smallest absolute Gasteiger partial charge is 0.343 e. The van der Waals surface area contributed by atoms with Crippen LogP contribution in [0.4, 0.5) is 0 Å². The number of nitrogens with one attached hydrogen (secondary N) is 1. The Kier molecular flexibility index (Phi) is 5.44. The SMILES string of the molecule is CCc1c2c(nc3ccc(O)cc13)-c1cc3c(c(=O)n1C2)COC(=O)[C@]3(O)CCNCc1cccs1. The maximum Gasteiger partial charge on any atom is 0.343 e. The van der Waals surface area contributed by atoms with Crippen LogP contribution in [0.25, 0.3) is 22.3 Å². The van der Waals surface area contributed by atoms with Crippen LogP contribution in [0.15, 0.2) is 46.6 Å². The highest BCUT2D eigenvalue weighted by atomic mass is 32.1. The summed E-state index contributed by atoms with van der Waals surface area (Å²) in [5.41, 5.74) is 2.29. The fraction of sp³-hybridized carbons (Fsp3) is 0.296. The van der Waals surface area contributed by atoms with Crippen molar-refractivity contribution < 1.29 is 19.7 Å². The molecule has 0 aliphatic carbocycles. The minimum absolute atomic E-state index is 0.0740. The van der Waals surface area contributed by atoms with Crippen molar-refractivity contribution in [3.63, 3.8) is 0 Å². The van der Waals surface area contributed by atoms with Crippen LogP contribution in [0, 0.1) is 0 Å². The Hall–Kier alpha value is -3.53. The molecule has 1 atom stereocenters. The Balaban J connectivity index is 1.43. The van der Waals surface area contributed by atoms with Gasteiger partial charge in [0, 0.05) is 34.4 Å². The van der Waals surface area contributed by atoms with Crippen molar-refractivity contribution in [2.24, 2.45) is 0 Å². The number of fused-ring (bicyclic) bond motifs is 5. The van der Waals surface area contributed by atoms with Crippen molar-refractivity contribution >= 4 is 28.2 Å². The summed E-state index contributed by atoms with van der Waals surface area (Å²) in [5.74, 6) is -0.581. The number of phenolic OH excluding ortho intramolecular Hbond substituents is 1. The van der Waals surface area contributed by atoms with E-state index in [2.05, 4.69) is 5.32 Å². The van der Waals surface area contributed by atoms with Gasteiger partial charge < -0.3 is 24.8 Å². The number of nitrogens with zero attached hydrogens (tertiary/aromatic N) is 2. The standard InChI is InChI=1S/C27H25N3O5S/c1-2-17-18-10-15(31)5-6-22(18)29-24-19(17)13-30-23(24)11-21-20(25(30)32)14-35-26(33)27(21,34)7-8-28-12-16-4-3-9-36-16/h3-6,9-11,28,31,34H,2,7-8,12-14H2,1H3/t27-/m0/s1. The first-order valence-electron chi connectivity index (χ1n) is 12.0. The molecule has 0 saturated heterocycles. The molecule has 0 spiro atoms. The van der Waals surface area contributed by atoms with Crippen LogP contribution < -0.4 is 10.9 Å². The van der Waals surface area contributed by atoms with Crippen LogP contribution in [0.3, 0.4) is 0 Å². The quantitative estimate of drug-likeness (QED) is 0.241. The van der Waals surface area contributed by atoms with Gasteiger partial charge in [0.25, 0.3) is 5.56 Å². The normalized spacial score (nSPS) is 18.1. The topological polar surface area (TPSA) is 114 Å². The lowest BCUT2D eigenvalue weighted by atomic mass is 9.85. The molecule has 36 heavy (non-hydrogen) atoms. The number of aryl methyl sites for hydroxylation is 1. The number of rotatable bonds is 6. The Labute approximate surface area is 210 Å². The Morgan fingerprint density at radius 2 is 2.08 bits per heavy atom. The molecule has 5 heterocycles. The van der Waals surface area contributed by atoms with E-state index in [1.807, 2.05) is 24.4 Å². The molecule has 3 N–H and O–H groups in total. The molecule has 1 aromatic carbocycles. The van der Waals surface area contributed by atoms with Crippen molar-refractivity contribution in [3.8, 4) is 17.1 Å². The first-order valence-corrected chi connectivity index (χ1v) is 12.8. The molecule has 0 bridgehead atoms. The second kappa shape index (κ2) is 8.55. The van der Waals surface area contributed by atoms with E-state index in [4.69, 9.17) is 9.72 Å². The summed E-state index contributed by atoms with van der Waals surface area (Å²) in [6, 6.07) is 10.8. The minimum atomic E-state index is -1.93. The van der Waals surface area contributed by atoms with Crippen LogP contribution in [0.5, 0.6) is 5.75 Å². The number of carbonyl (C=O) groups excluding carboxylic acids is 1. The van der Waals surface area contributed by atoms with Gasteiger partial charge in [0.15, 0.2) is 5.60 Å². The number of hydrogen-bond donors (Lipinski definition) is 3. The molecule has 0 radical (unpaired) electrons. The summed E-state index contributed by atoms with van der Waals surface area (Å²) < 4.78 is 6.93. The van der Waals surface area contributed by atoms with E-state index in [0.29, 0.717) is 48.6 Å². The van der Waals surface area contributed by atoms with Crippen molar-refractivity contribution in [1.29, 1.82) is 0 Å². The molecule has 2 aliphatic rings. The van der Waals surface area contributed by atoms with Gasteiger partial charge in [-0.3, -0.25) is 4.79 Å². The molecular weight excluding hydrogens is 478 g/mol. The van der Waals surface area contributed by atoms with E-state index in [0.717, 1.165) is 26.9 Å². The zero-order chi connectivity index (χ0) is 25.0. The summed E-state index contributed by atoms with van der Waals surface area (Å²) in [4.78, 5) is 32.4. The number of aromatic nitrogens is 2. The highest BCUT2D eigenvalue weighted by molar-refractivity contribution is 7.09. The van der Waals surface area contributed by atoms with Gasteiger partial charge in [-0.2, -0.15) is 0 Å². The van der Waals surface area contributed by atoms with E-state index in [-0.39, 0.29) is 24.3 Å². The summed E-state index contributed by atoms with van der Waals surface area (Å²) in [6.07, 6.45) is 0.777. The average Bonchev–Trinajstić information content (AvgIpc) is 3.52. The number of aliphatic hydroxyl groups is 1. The van der Waals surface area contributed by atoms with E-state index >= 15 is 0 Å². The van der Waals surface area contributed by atoms with E-state index in [1.165, 1.54) is 0 Å². The highest BCUT2D eigenvalue weighted by Gasteiger charge is 2.46. The van der Waals surface area contributed by atoms with E-state index < -0.39 is 11.6 Å². The Morgan fingerprint density at radius 3 is 2.86 bits per heavy atom. The second-order valence-electron chi connectivity index (χ2n) is 9.23. The first kappa shape index (κ1) is 22.9. The second-order valence-corrected chi connectivity index (χ2v) is 10.3. The fourth-order valence-electron chi connectivity index (χ4n) is 5.35. The number of hydrogen-bond acceptors (Lipinski definition) is 8. The lowest BCUT2D eigenvalue weighted by molar-refractivity contribution is -0.172. The number of cyclic esters (lactones) is 1. The number of pyridine rings is 2. The molecule has 0 amide bonds. The molecule has 0 unspecified atom stereocenters. The largest absolute Gasteiger partial charge is 0.508 e. The van der Waals surface area contributed by atoms with Gasteiger partial charge in [-0.25, -0.2) is 9.78 Å². The summed E-state index contributed by atoms with van der Waals surface area (Å²) in [6.45, 7) is 3.20. The predicted octanol–water partition coefficient (Wildman–Crippen LogP) is 3.18. The van der Waals surface area contributed by atoms with Gasteiger partial charge in [-0.15, -0.1) is 11.3 Å². The minimum Gasteiger partial charge on any atom is -0.508 e. The third kappa shape index (κ3) is 3.46. The third-order valence-electron chi connectivity index (χ3n) is 7.17. The molecule has 4 aromatic rings. The zero-order valence-electron chi connectivity index (χ0n) is 19.7. The zero-order valence-corrected chi connectivity index (χ0v) is 20.5. The fourth-order valence-corrected chi connectivity index (χ4v) is 6.02. The number of benzene rings is 1. The van der Waals surface area contributed by atoms with Crippen LogP contribution in [-0.2, 0) is 41.2 Å².